The molecule has 1 amide bonds. The summed E-state index contributed by atoms with van der Waals surface area (Å²) in [5.74, 6) is -0.0337. The van der Waals surface area contributed by atoms with Crippen LogP contribution in [0.3, 0.4) is 0 Å². The molecule has 1 aromatic carbocycles. The Bertz CT molecular complexity index is 491. The Morgan fingerprint density at radius 3 is 2.75 bits per heavy atom. The SMILES string of the molecule is COC1CC(NCC(=O)Nc2ccccc2Br)C1(C)C. The van der Waals surface area contributed by atoms with Crippen LogP contribution in [0.4, 0.5) is 5.69 Å². The van der Waals surface area contributed by atoms with Crippen LogP contribution in [0.15, 0.2) is 28.7 Å². The fourth-order valence-electron chi connectivity index (χ4n) is 2.60. The highest BCUT2D eigenvalue weighted by Gasteiger charge is 2.48. The summed E-state index contributed by atoms with van der Waals surface area (Å²) in [5.41, 5.74) is 0.865. The van der Waals surface area contributed by atoms with Crippen molar-refractivity contribution in [1.82, 2.24) is 5.32 Å². The van der Waals surface area contributed by atoms with Crippen LogP contribution in [-0.2, 0) is 9.53 Å². The van der Waals surface area contributed by atoms with Gasteiger partial charge in [0.15, 0.2) is 0 Å². The lowest BCUT2D eigenvalue weighted by Gasteiger charge is -2.51. The van der Waals surface area contributed by atoms with Gasteiger partial charge in [0.05, 0.1) is 18.3 Å². The van der Waals surface area contributed by atoms with E-state index < -0.39 is 0 Å². The van der Waals surface area contributed by atoms with Gasteiger partial charge in [0.25, 0.3) is 0 Å². The summed E-state index contributed by atoms with van der Waals surface area (Å²) in [6.07, 6.45) is 1.22. The molecule has 2 unspecified atom stereocenters. The van der Waals surface area contributed by atoms with E-state index in [4.69, 9.17) is 4.74 Å². The van der Waals surface area contributed by atoms with Gasteiger partial charge in [-0.05, 0) is 34.5 Å². The number of para-hydroxylation sites is 1. The minimum absolute atomic E-state index is 0.0337. The van der Waals surface area contributed by atoms with Crippen molar-refractivity contribution >= 4 is 27.5 Å². The predicted octanol–water partition coefficient (Wildman–Crippen LogP) is 2.79. The zero-order chi connectivity index (χ0) is 14.8. The number of methoxy groups -OCH3 is 1. The summed E-state index contributed by atoms with van der Waals surface area (Å²) >= 11 is 3.41. The molecule has 2 N–H and O–H groups in total. The summed E-state index contributed by atoms with van der Waals surface area (Å²) in [6, 6.07) is 7.90. The molecule has 1 aliphatic carbocycles. The second kappa shape index (κ2) is 6.24. The van der Waals surface area contributed by atoms with E-state index in [1.54, 1.807) is 7.11 Å². The highest BCUT2D eigenvalue weighted by molar-refractivity contribution is 9.10. The molecule has 5 heteroatoms. The van der Waals surface area contributed by atoms with E-state index in [1.165, 1.54) is 0 Å². The zero-order valence-electron chi connectivity index (χ0n) is 12.1. The number of hydrogen-bond donors (Lipinski definition) is 2. The number of halogens is 1. The van der Waals surface area contributed by atoms with Gasteiger partial charge in [0, 0.05) is 23.0 Å². The lowest BCUT2D eigenvalue weighted by atomic mass is 9.64. The molecule has 1 aliphatic rings. The number of benzene rings is 1. The van der Waals surface area contributed by atoms with Crippen molar-refractivity contribution in [3.8, 4) is 0 Å². The number of nitrogens with one attached hydrogen (secondary N) is 2. The monoisotopic (exact) mass is 340 g/mol. The number of hydrogen-bond acceptors (Lipinski definition) is 3. The molecule has 20 heavy (non-hydrogen) atoms. The highest BCUT2D eigenvalue weighted by Crippen LogP contribution is 2.42. The quantitative estimate of drug-likeness (QED) is 0.866. The van der Waals surface area contributed by atoms with Crippen LogP contribution < -0.4 is 10.6 Å². The van der Waals surface area contributed by atoms with Crippen molar-refractivity contribution in [3.05, 3.63) is 28.7 Å². The third-order valence-corrected chi connectivity index (χ3v) is 4.81. The zero-order valence-corrected chi connectivity index (χ0v) is 13.7. The van der Waals surface area contributed by atoms with Crippen LogP contribution in [0.25, 0.3) is 0 Å². The average molecular weight is 341 g/mol. The summed E-state index contributed by atoms with van der Waals surface area (Å²) in [5, 5.41) is 6.19. The largest absolute Gasteiger partial charge is 0.381 e. The van der Waals surface area contributed by atoms with Gasteiger partial charge in [-0.3, -0.25) is 4.79 Å². The smallest absolute Gasteiger partial charge is 0.238 e. The summed E-state index contributed by atoms with van der Waals surface area (Å²) < 4.78 is 6.29. The summed E-state index contributed by atoms with van der Waals surface area (Å²) in [7, 11) is 1.74. The van der Waals surface area contributed by atoms with Crippen molar-refractivity contribution in [3.63, 3.8) is 0 Å². The third kappa shape index (κ3) is 3.22. The van der Waals surface area contributed by atoms with Crippen LogP contribution in [0.2, 0.25) is 0 Å². The number of anilines is 1. The molecule has 2 atom stereocenters. The Hall–Kier alpha value is -0.910. The molecule has 4 nitrogen and oxygen atoms in total. The maximum atomic E-state index is 11.9. The first kappa shape index (κ1) is 15.5. The molecule has 0 radical (unpaired) electrons. The first-order valence-electron chi connectivity index (χ1n) is 6.75. The van der Waals surface area contributed by atoms with Gasteiger partial charge < -0.3 is 15.4 Å². The maximum absolute atomic E-state index is 11.9. The van der Waals surface area contributed by atoms with Gasteiger partial charge >= 0.3 is 0 Å². The number of rotatable bonds is 5. The van der Waals surface area contributed by atoms with Gasteiger partial charge in [-0.25, -0.2) is 0 Å². The van der Waals surface area contributed by atoms with Crippen molar-refractivity contribution in [2.45, 2.75) is 32.4 Å². The van der Waals surface area contributed by atoms with Crippen LogP contribution >= 0.6 is 15.9 Å². The molecule has 110 valence electrons. The predicted molar refractivity (Wildman–Crippen MR) is 83.8 cm³/mol. The molecule has 0 heterocycles. The van der Waals surface area contributed by atoms with E-state index in [9.17, 15) is 4.79 Å². The topological polar surface area (TPSA) is 50.4 Å². The lowest BCUT2D eigenvalue weighted by molar-refractivity contribution is -0.119. The molecular weight excluding hydrogens is 320 g/mol. The first-order chi connectivity index (χ1) is 9.45. The molecule has 0 spiro atoms. The number of ether oxygens (including phenoxy) is 1. The minimum Gasteiger partial charge on any atom is -0.381 e. The van der Waals surface area contributed by atoms with E-state index in [0.717, 1.165) is 16.6 Å². The Balaban J connectivity index is 1.81. The van der Waals surface area contributed by atoms with Gasteiger partial charge in [-0.1, -0.05) is 26.0 Å². The van der Waals surface area contributed by atoms with E-state index >= 15 is 0 Å². The van der Waals surface area contributed by atoms with Crippen molar-refractivity contribution in [2.75, 3.05) is 19.0 Å². The van der Waals surface area contributed by atoms with Crippen LogP contribution in [0.5, 0.6) is 0 Å². The van der Waals surface area contributed by atoms with Crippen molar-refractivity contribution in [2.24, 2.45) is 5.41 Å². The molecule has 1 fully saturated rings. The molecule has 2 rings (SSSR count). The van der Waals surface area contributed by atoms with Crippen LogP contribution in [-0.4, -0.2) is 31.7 Å². The average Bonchev–Trinajstić information content (AvgIpc) is 2.40. The van der Waals surface area contributed by atoms with Crippen LogP contribution in [0.1, 0.15) is 20.3 Å². The molecule has 0 aromatic heterocycles. The first-order valence-corrected chi connectivity index (χ1v) is 7.55. The van der Waals surface area contributed by atoms with Crippen molar-refractivity contribution < 1.29 is 9.53 Å². The second-order valence-corrected chi connectivity index (χ2v) is 6.60. The summed E-state index contributed by atoms with van der Waals surface area (Å²) in [6.45, 7) is 4.63. The van der Waals surface area contributed by atoms with Crippen LogP contribution in [0, 0.1) is 5.41 Å². The summed E-state index contributed by atoms with van der Waals surface area (Å²) in [4.78, 5) is 11.9. The maximum Gasteiger partial charge on any atom is 0.238 e. The molecule has 0 bridgehead atoms. The molecule has 0 saturated heterocycles. The number of carbonyl (C=O) groups is 1. The van der Waals surface area contributed by atoms with Crippen molar-refractivity contribution in [1.29, 1.82) is 0 Å². The fourth-order valence-corrected chi connectivity index (χ4v) is 2.99. The normalized spacial score (nSPS) is 24.0. The Morgan fingerprint density at radius 2 is 2.15 bits per heavy atom. The van der Waals surface area contributed by atoms with Gasteiger partial charge in [-0.15, -0.1) is 0 Å². The van der Waals surface area contributed by atoms with Gasteiger partial charge in [0.2, 0.25) is 5.91 Å². The van der Waals surface area contributed by atoms with E-state index in [2.05, 4.69) is 40.4 Å². The minimum atomic E-state index is -0.0337. The standard InChI is InChI=1S/C15H21BrN2O2/c1-15(2)12(8-13(15)20-3)17-9-14(19)18-11-7-5-4-6-10(11)16/h4-7,12-13,17H,8-9H2,1-3H3,(H,18,19). The van der Waals surface area contributed by atoms with E-state index in [1.807, 2.05) is 24.3 Å². The Morgan fingerprint density at radius 1 is 1.45 bits per heavy atom. The third-order valence-electron chi connectivity index (χ3n) is 4.12. The van der Waals surface area contributed by atoms with Gasteiger partial charge in [-0.2, -0.15) is 0 Å². The highest BCUT2D eigenvalue weighted by atomic mass is 79.9. The molecule has 1 saturated carbocycles. The molecule has 0 aliphatic heterocycles. The molecule has 1 aromatic rings. The van der Waals surface area contributed by atoms with Gasteiger partial charge in [0.1, 0.15) is 0 Å². The Labute approximate surface area is 128 Å². The Kier molecular flexibility index (Phi) is 4.83. The number of amides is 1. The lowest BCUT2D eigenvalue weighted by Crippen LogP contribution is -2.61. The second-order valence-electron chi connectivity index (χ2n) is 5.74. The fraction of sp³-hybridized carbons (Fsp3) is 0.533. The van der Waals surface area contributed by atoms with E-state index in [-0.39, 0.29) is 17.4 Å². The molecular formula is C15H21BrN2O2. The van der Waals surface area contributed by atoms with E-state index in [0.29, 0.717) is 12.6 Å². The number of carbonyl (C=O) groups excluding carboxylic acids is 1.